The first-order valence-corrected chi connectivity index (χ1v) is 6.85. The molecule has 1 unspecified atom stereocenters. The van der Waals surface area contributed by atoms with E-state index in [2.05, 4.69) is 11.6 Å². The first-order chi connectivity index (χ1) is 8.33. The van der Waals surface area contributed by atoms with Crippen molar-refractivity contribution in [1.29, 1.82) is 0 Å². The van der Waals surface area contributed by atoms with Gasteiger partial charge >= 0.3 is 0 Å². The van der Waals surface area contributed by atoms with Gasteiger partial charge in [0.2, 0.25) is 0 Å². The van der Waals surface area contributed by atoms with Crippen LogP contribution in [0.3, 0.4) is 0 Å². The van der Waals surface area contributed by atoms with E-state index in [0.29, 0.717) is 6.04 Å². The van der Waals surface area contributed by atoms with Gasteiger partial charge in [-0.25, -0.2) is 9.67 Å². The van der Waals surface area contributed by atoms with Gasteiger partial charge in [-0.1, -0.05) is 0 Å². The molecule has 0 spiro atoms. The Balaban J connectivity index is 1.71. The molecule has 4 nitrogen and oxygen atoms in total. The Labute approximate surface area is 102 Å². The maximum Gasteiger partial charge on any atom is 0.151 e. The monoisotopic (exact) mass is 235 g/mol. The van der Waals surface area contributed by atoms with E-state index in [1.807, 2.05) is 0 Å². The second-order valence-corrected chi connectivity index (χ2v) is 5.39. The lowest BCUT2D eigenvalue weighted by molar-refractivity contribution is 0.0659. The number of nitrogens with zero attached hydrogens (tertiary/aromatic N) is 3. The SMILES string of the molecule is CC1CCCc2nc(CC3CCOCC3)nn21. The molecule has 0 aromatic carbocycles. The standard InChI is InChI=1S/C13H21N3O/c1-10-3-2-4-13-14-12(15-16(10)13)9-11-5-7-17-8-6-11/h10-11H,2-9H2,1H3. The van der Waals surface area contributed by atoms with Crippen LogP contribution in [0, 0.1) is 5.92 Å². The zero-order valence-corrected chi connectivity index (χ0v) is 10.6. The molecule has 3 heterocycles. The average molecular weight is 235 g/mol. The van der Waals surface area contributed by atoms with E-state index in [1.165, 1.54) is 31.5 Å². The number of hydrogen-bond acceptors (Lipinski definition) is 3. The highest BCUT2D eigenvalue weighted by Crippen LogP contribution is 2.24. The van der Waals surface area contributed by atoms with E-state index >= 15 is 0 Å². The Kier molecular flexibility index (Phi) is 3.14. The predicted octanol–water partition coefficient (Wildman–Crippen LogP) is 2.14. The molecule has 0 amide bonds. The van der Waals surface area contributed by atoms with Crippen LogP contribution in [-0.4, -0.2) is 28.0 Å². The Morgan fingerprint density at radius 2 is 2.12 bits per heavy atom. The van der Waals surface area contributed by atoms with Crippen LogP contribution in [-0.2, 0) is 17.6 Å². The Morgan fingerprint density at radius 3 is 2.88 bits per heavy atom. The van der Waals surface area contributed by atoms with E-state index in [4.69, 9.17) is 14.8 Å². The van der Waals surface area contributed by atoms with Crippen LogP contribution in [0.5, 0.6) is 0 Å². The van der Waals surface area contributed by atoms with E-state index < -0.39 is 0 Å². The van der Waals surface area contributed by atoms with Crippen molar-refractivity contribution >= 4 is 0 Å². The average Bonchev–Trinajstić information content (AvgIpc) is 2.74. The summed E-state index contributed by atoms with van der Waals surface area (Å²) in [5.41, 5.74) is 0. The van der Waals surface area contributed by atoms with Gasteiger partial charge in [-0.3, -0.25) is 0 Å². The second-order valence-electron chi connectivity index (χ2n) is 5.39. The maximum absolute atomic E-state index is 5.39. The summed E-state index contributed by atoms with van der Waals surface area (Å²) in [6.45, 7) is 4.07. The molecule has 1 atom stereocenters. The van der Waals surface area contributed by atoms with Crippen molar-refractivity contribution in [2.45, 2.75) is 51.5 Å². The lowest BCUT2D eigenvalue weighted by atomic mass is 9.96. The molecule has 1 fully saturated rings. The Hall–Kier alpha value is -0.900. The molecule has 1 aromatic rings. The third kappa shape index (κ3) is 2.37. The first-order valence-electron chi connectivity index (χ1n) is 6.85. The van der Waals surface area contributed by atoms with Crippen LogP contribution in [0.15, 0.2) is 0 Å². The van der Waals surface area contributed by atoms with Crippen molar-refractivity contribution < 1.29 is 4.74 Å². The summed E-state index contributed by atoms with van der Waals surface area (Å²) >= 11 is 0. The summed E-state index contributed by atoms with van der Waals surface area (Å²) < 4.78 is 7.54. The topological polar surface area (TPSA) is 39.9 Å². The predicted molar refractivity (Wildman–Crippen MR) is 64.9 cm³/mol. The third-order valence-corrected chi connectivity index (χ3v) is 4.00. The van der Waals surface area contributed by atoms with Gasteiger partial charge in [0.1, 0.15) is 5.82 Å². The Morgan fingerprint density at radius 1 is 1.29 bits per heavy atom. The number of fused-ring (bicyclic) bond motifs is 1. The van der Waals surface area contributed by atoms with Gasteiger partial charge in [-0.05, 0) is 38.5 Å². The molecule has 0 saturated carbocycles. The molecular formula is C13H21N3O. The highest BCUT2D eigenvalue weighted by molar-refractivity contribution is 4.99. The molecule has 1 saturated heterocycles. The van der Waals surface area contributed by atoms with Crippen molar-refractivity contribution in [3.05, 3.63) is 11.6 Å². The molecule has 0 bridgehead atoms. The van der Waals surface area contributed by atoms with Gasteiger partial charge in [-0.2, -0.15) is 5.10 Å². The normalized spacial score (nSPS) is 25.8. The lowest BCUT2D eigenvalue weighted by Gasteiger charge is -2.20. The summed E-state index contributed by atoms with van der Waals surface area (Å²) in [5.74, 6) is 2.98. The minimum Gasteiger partial charge on any atom is -0.381 e. The fraction of sp³-hybridized carbons (Fsp3) is 0.846. The lowest BCUT2D eigenvalue weighted by Crippen LogP contribution is -2.18. The van der Waals surface area contributed by atoms with E-state index in [0.717, 1.165) is 37.8 Å². The van der Waals surface area contributed by atoms with E-state index in [-0.39, 0.29) is 0 Å². The number of aromatic nitrogens is 3. The van der Waals surface area contributed by atoms with Crippen molar-refractivity contribution in [2.24, 2.45) is 5.92 Å². The van der Waals surface area contributed by atoms with Crippen molar-refractivity contribution in [1.82, 2.24) is 14.8 Å². The minimum atomic E-state index is 0.537. The molecule has 2 aliphatic heterocycles. The number of ether oxygens (including phenoxy) is 1. The maximum atomic E-state index is 5.39. The first kappa shape index (κ1) is 11.2. The largest absolute Gasteiger partial charge is 0.381 e. The number of hydrogen-bond donors (Lipinski definition) is 0. The molecule has 0 aliphatic carbocycles. The highest BCUT2D eigenvalue weighted by Gasteiger charge is 2.22. The third-order valence-electron chi connectivity index (χ3n) is 4.00. The van der Waals surface area contributed by atoms with E-state index in [9.17, 15) is 0 Å². The van der Waals surface area contributed by atoms with Crippen LogP contribution in [0.4, 0.5) is 0 Å². The van der Waals surface area contributed by atoms with Gasteiger partial charge in [-0.15, -0.1) is 0 Å². The van der Waals surface area contributed by atoms with Gasteiger partial charge in [0.15, 0.2) is 5.82 Å². The van der Waals surface area contributed by atoms with Crippen molar-refractivity contribution in [3.8, 4) is 0 Å². The molecule has 17 heavy (non-hydrogen) atoms. The number of aryl methyl sites for hydroxylation is 1. The molecule has 0 radical (unpaired) electrons. The molecule has 94 valence electrons. The Bertz CT molecular complexity index is 382. The van der Waals surface area contributed by atoms with Crippen LogP contribution in [0.25, 0.3) is 0 Å². The van der Waals surface area contributed by atoms with E-state index in [1.54, 1.807) is 0 Å². The molecule has 0 N–H and O–H groups in total. The fourth-order valence-corrected chi connectivity index (χ4v) is 2.90. The van der Waals surface area contributed by atoms with Crippen molar-refractivity contribution in [3.63, 3.8) is 0 Å². The fourth-order valence-electron chi connectivity index (χ4n) is 2.90. The highest BCUT2D eigenvalue weighted by atomic mass is 16.5. The molecule has 2 aliphatic rings. The van der Waals surface area contributed by atoms with Gasteiger partial charge in [0, 0.05) is 26.1 Å². The van der Waals surface area contributed by atoms with Crippen LogP contribution in [0.2, 0.25) is 0 Å². The number of rotatable bonds is 2. The molecule has 1 aromatic heterocycles. The minimum absolute atomic E-state index is 0.537. The zero-order valence-electron chi connectivity index (χ0n) is 10.6. The van der Waals surface area contributed by atoms with Crippen LogP contribution >= 0.6 is 0 Å². The van der Waals surface area contributed by atoms with Gasteiger partial charge in [0.05, 0.1) is 6.04 Å². The summed E-state index contributed by atoms with van der Waals surface area (Å²) in [6, 6.07) is 0.537. The zero-order chi connectivity index (χ0) is 11.7. The summed E-state index contributed by atoms with van der Waals surface area (Å²) in [7, 11) is 0. The van der Waals surface area contributed by atoms with Crippen molar-refractivity contribution in [2.75, 3.05) is 13.2 Å². The second kappa shape index (κ2) is 4.77. The van der Waals surface area contributed by atoms with Crippen LogP contribution in [0.1, 0.15) is 50.3 Å². The summed E-state index contributed by atoms with van der Waals surface area (Å²) in [5, 5.41) is 4.69. The molecule has 3 rings (SSSR count). The van der Waals surface area contributed by atoms with Gasteiger partial charge < -0.3 is 4.74 Å². The molecular weight excluding hydrogens is 214 g/mol. The smallest absolute Gasteiger partial charge is 0.151 e. The quantitative estimate of drug-likeness (QED) is 0.788. The van der Waals surface area contributed by atoms with Crippen LogP contribution < -0.4 is 0 Å². The summed E-state index contributed by atoms with van der Waals surface area (Å²) in [6.07, 6.45) is 6.98. The van der Waals surface area contributed by atoms with Gasteiger partial charge in [0.25, 0.3) is 0 Å². The summed E-state index contributed by atoms with van der Waals surface area (Å²) in [4.78, 5) is 4.71. The molecule has 4 heteroatoms.